The summed E-state index contributed by atoms with van der Waals surface area (Å²) in [5, 5.41) is 6.31. The van der Waals surface area contributed by atoms with Gasteiger partial charge in [-0.2, -0.15) is 0 Å². The van der Waals surface area contributed by atoms with E-state index < -0.39 is 0 Å². The zero-order valence-electron chi connectivity index (χ0n) is 10.9. The van der Waals surface area contributed by atoms with Crippen LogP contribution in [0.4, 0.5) is 11.6 Å². The van der Waals surface area contributed by atoms with Crippen LogP contribution in [0, 0.1) is 13.8 Å². The SMILES string of the molecule is CNc1ncnc(NCc2cccc(C)n2)c1C. The molecule has 0 unspecified atom stereocenters. The minimum absolute atomic E-state index is 0.655. The van der Waals surface area contributed by atoms with E-state index >= 15 is 0 Å². The molecule has 0 saturated heterocycles. The molecule has 0 aliphatic heterocycles. The van der Waals surface area contributed by atoms with Crippen molar-refractivity contribution in [3.05, 3.63) is 41.5 Å². The van der Waals surface area contributed by atoms with Crippen molar-refractivity contribution in [2.75, 3.05) is 17.7 Å². The average Bonchev–Trinajstić information content (AvgIpc) is 2.38. The fraction of sp³-hybridized carbons (Fsp3) is 0.308. The van der Waals surface area contributed by atoms with E-state index in [2.05, 4.69) is 25.6 Å². The highest BCUT2D eigenvalue weighted by atomic mass is 15.1. The van der Waals surface area contributed by atoms with Gasteiger partial charge in [-0.1, -0.05) is 6.07 Å². The monoisotopic (exact) mass is 243 g/mol. The minimum Gasteiger partial charge on any atom is -0.373 e. The Balaban J connectivity index is 2.11. The molecule has 0 saturated carbocycles. The number of hydrogen-bond acceptors (Lipinski definition) is 5. The van der Waals surface area contributed by atoms with Crippen LogP contribution in [0.2, 0.25) is 0 Å². The first-order valence-corrected chi connectivity index (χ1v) is 5.86. The quantitative estimate of drug-likeness (QED) is 0.861. The van der Waals surface area contributed by atoms with Crippen LogP contribution in [-0.2, 0) is 6.54 Å². The molecule has 0 spiro atoms. The molecule has 0 fully saturated rings. The summed E-state index contributed by atoms with van der Waals surface area (Å²) in [5.41, 5.74) is 3.02. The first-order chi connectivity index (χ1) is 8.70. The van der Waals surface area contributed by atoms with Crippen molar-refractivity contribution in [1.82, 2.24) is 15.0 Å². The summed E-state index contributed by atoms with van der Waals surface area (Å²) in [5.74, 6) is 1.67. The topological polar surface area (TPSA) is 62.7 Å². The van der Waals surface area contributed by atoms with Crippen LogP contribution in [0.3, 0.4) is 0 Å². The van der Waals surface area contributed by atoms with Crippen LogP contribution >= 0.6 is 0 Å². The first-order valence-electron chi connectivity index (χ1n) is 5.86. The Hall–Kier alpha value is -2.17. The summed E-state index contributed by atoms with van der Waals surface area (Å²) < 4.78 is 0. The van der Waals surface area contributed by atoms with Crippen LogP contribution in [-0.4, -0.2) is 22.0 Å². The summed E-state index contributed by atoms with van der Waals surface area (Å²) in [6.07, 6.45) is 1.55. The van der Waals surface area contributed by atoms with Gasteiger partial charge in [-0.15, -0.1) is 0 Å². The lowest BCUT2D eigenvalue weighted by atomic mass is 10.3. The Bertz CT molecular complexity index is 539. The molecule has 94 valence electrons. The highest BCUT2D eigenvalue weighted by Crippen LogP contribution is 2.17. The molecule has 2 N–H and O–H groups in total. The lowest BCUT2D eigenvalue weighted by molar-refractivity contribution is 0.991. The second-order valence-electron chi connectivity index (χ2n) is 4.07. The molecule has 5 heteroatoms. The number of aryl methyl sites for hydroxylation is 1. The molecule has 0 radical (unpaired) electrons. The van der Waals surface area contributed by atoms with E-state index in [1.807, 2.05) is 39.1 Å². The minimum atomic E-state index is 0.655. The molecule has 0 aliphatic carbocycles. The molecule has 2 heterocycles. The van der Waals surface area contributed by atoms with Crippen LogP contribution in [0.15, 0.2) is 24.5 Å². The second-order valence-corrected chi connectivity index (χ2v) is 4.07. The van der Waals surface area contributed by atoms with Gasteiger partial charge in [0.2, 0.25) is 0 Å². The lowest BCUT2D eigenvalue weighted by Crippen LogP contribution is -2.07. The molecular weight excluding hydrogens is 226 g/mol. The predicted molar refractivity (Wildman–Crippen MR) is 72.6 cm³/mol. The number of pyridine rings is 1. The molecule has 0 bridgehead atoms. The standard InChI is InChI=1S/C13H17N5/c1-9-5-4-6-11(18-9)7-15-13-10(2)12(14-3)16-8-17-13/h4-6,8H,7H2,1-3H3,(H2,14,15,16,17). The van der Waals surface area contributed by atoms with Crippen molar-refractivity contribution in [3.8, 4) is 0 Å². The summed E-state index contributed by atoms with van der Waals surface area (Å²) in [4.78, 5) is 12.8. The zero-order valence-corrected chi connectivity index (χ0v) is 10.9. The van der Waals surface area contributed by atoms with Crippen LogP contribution in [0.5, 0.6) is 0 Å². The van der Waals surface area contributed by atoms with E-state index in [0.29, 0.717) is 6.54 Å². The van der Waals surface area contributed by atoms with Gasteiger partial charge in [-0.05, 0) is 26.0 Å². The number of aromatic nitrogens is 3. The number of nitrogens with one attached hydrogen (secondary N) is 2. The van der Waals surface area contributed by atoms with Crippen molar-refractivity contribution in [2.45, 2.75) is 20.4 Å². The Morgan fingerprint density at radius 3 is 2.61 bits per heavy atom. The van der Waals surface area contributed by atoms with E-state index in [0.717, 1.165) is 28.6 Å². The fourth-order valence-corrected chi connectivity index (χ4v) is 1.75. The van der Waals surface area contributed by atoms with Crippen molar-refractivity contribution in [1.29, 1.82) is 0 Å². The summed E-state index contributed by atoms with van der Waals surface area (Å²) in [6.45, 7) is 4.62. The van der Waals surface area contributed by atoms with Crippen LogP contribution in [0.25, 0.3) is 0 Å². The molecule has 2 aromatic heterocycles. The van der Waals surface area contributed by atoms with Gasteiger partial charge < -0.3 is 10.6 Å². The van der Waals surface area contributed by atoms with Gasteiger partial charge in [-0.25, -0.2) is 9.97 Å². The van der Waals surface area contributed by atoms with Gasteiger partial charge in [0.15, 0.2) is 0 Å². The summed E-state index contributed by atoms with van der Waals surface area (Å²) in [6, 6.07) is 5.99. The number of rotatable bonds is 4. The van der Waals surface area contributed by atoms with Crippen molar-refractivity contribution in [2.24, 2.45) is 0 Å². The number of hydrogen-bond donors (Lipinski definition) is 2. The number of anilines is 2. The molecule has 18 heavy (non-hydrogen) atoms. The zero-order chi connectivity index (χ0) is 13.0. The molecule has 5 nitrogen and oxygen atoms in total. The Morgan fingerprint density at radius 1 is 1.11 bits per heavy atom. The van der Waals surface area contributed by atoms with E-state index in [4.69, 9.17) is 0 Å². The van der Waals surface area contributed by atoms with Gasteiger partial charge in [0, 0.05) is 18.3 Å². The Kier molecular flexibility index (Phi) is 3.72. The van der Waals surface area contributed by atoms with E-state index in [1.165, 1.54) is 0 Å². The maximum absolute atomic E-state index is 4.44. The maximum Gasteiger partial charge on any atom is 0.134 e. The van der Waals surface area contributed by atoms with Gasteiger partial charge in [0.1, 0.15) is 18.0 Å². The van der Waals surface area contributed by atoms with Crippen molar-refractivity contribution < 1.29 is 0 Å². The van der Waals surface area contributed by atoms with Gasteiger partial charge >= 0.3 is 0 Å². The Labute approximate surface area is 107 Å². The van der Waals surface area contributed by atoms with E-state index in [9.17, 15) is 0 Å². The first kappa shape index (κ1) is 12.3. The van der Waals surface area contributed by atoms with E-state index in [1.54, 1.807) is 6.33 Å². The smallest absolute Gasteiger partial charge is 0.134 e. The molecule has 0 amide bonds. The van der Waals surface area contributed by atoms with E-state index in [-0.39, 0.29) is 0 Å². The highest BCUT2D eigenvalue weighted by Gasteiger charge is 2.05. The van der Waals surface area contributed by atoms with Crippen LogP contribution < -0.4 is 10.6 Å². The summed E-state index contributed by atoms with van der Waals surface area (Å²) in [7, 11) is 1.85. The molecule has 0 atom stereocenters. The molecule has 0 aromatic carbocycles. The maximum atomic E-state index is 4.44. The van der Waals surface area contributed by atoms with Crippen molar-refractivity contribution in [3.63, 3.8) is 0 Å². The highest BCUT2D eigenvalue weighted by molar-refractivity contribution is 5.56. The third kappa shape index (κ3) is 2.74. The molecule has 0 aliphatic rings. The Morgan fingerprint density at radius 2 is 1.89 bits per heavy atom. The predicted octanol–water partition coefficient (Wildman–Crippen LogP) is 2.14. The van der Waals surface area contributed by atoms with Crippen molar-refractivity contribution >= 4 is 11.6 Å². The normalized spacial score (nSPS) is 10.2. The number of nitrogens with zero attached hydrogens (tertiary/aromatic N) is 3. The molecule has 2 rings (SSSR count). The lowest BCUT2D eigenvalue weighted by Gasteiger charge is -2.10. The molecular formula is C13H17N5. The fourth-order valence-electron chi connectivity index (χ4n) is 1.75. The molecule has 2 aromatic rings. The second kappa shape index (κ2) is 5.44. The van der Waals surface area contributed by atoms with Gasteiger partial charge in [0.05, 0.1) is 12.2 Å². The third-order valence-electron chi connectivity index (χ3n) is 2.70. The van der Waals surface area contributed by atoms with Gasteiger partial charge in [-0.3, -0.25) is 4.98 Å². The van der Waals surface area contributed by atoms with Gasteiger partial charge in [0.25, 0.3) is 0 Å². The third-order valence-corrected chi connectivity index (χ3v) is 2.70. The van der Waals surface area contributed by atoms with Crippen LogP contribution in [0.1, 0.15) is 17.0 Å². The largest absolute Gasteiger partial charge is 0.373 e. The summed E-state index contributed by atoms with van der Waals surface area (Å²) >= 11 is 0. The average molecular weight is 243 g/mol.